The smallest absolute Gasteiger partial charge is 0.352 e. The number of carboxylic acids is 1. The third-order valence-electron chi connectivity index (χ3n) is 3.12. The minimum atomic E-state index is -1.02. The first-order chi connectivity index (χ1) is 9.93. The van der Waals surface area contributed by atoms with Gasteiger partial charge in [-0.2, -0.15) is 0 Å². The molecule has 0 atom stereocenters. The predicted octanol–water partition coefficient (Wildman–Crippen LogP) is 4.70. The summed E-state index contributed by atoms with van der Waals surface area (Å²) in [7, 11) is 0. The van der Waals surface area contributed by atoms with E-state index in [2.05, 4.69) is 11.6 Å². The lowest BCUT2D eigenvalue weighted by molar-refractivity contribution is 0.0691. The summed E-state index contributed by atoms with van der Waals surface area (Å²) in [6.45, 7) is 7.00. The van der Waals surface area contributed by atoms with Crippen LogP contribution in [0.4, 0.5) is 4.39 Å². The molecule has 4 heteroatoms. The summed E-state index contributed by atoms with van der Waals surface area (Å²) in [5, 5.41) is 9.71. The van der Waals surface area contributed by atoms with Gasteiger partial charge in [0.25, 0.3) is 0 Å². The molecule has 0 saturated carbocycles. The van der Waals surface area contributed by atoms with Crippen LogP contribution in [0, 0.1) is 0 Å². The third-order valence-corrected chi connectivity index (χ3v) is 3.12. The molecule has 108 valence electrons. The minimum Gasteiger partial charge on any atom is -0.477 e. The summed E-state index contributed by atoms with van der Waals surface area (Å²) in [5.74, 6) is -1.33. The van der Waals surface area contributed by atoms with Crippen molar-refractivity contribution in [1.82, 2.24) is 4.98 Å². The van der Waals surface area contributed by atoms with Gasteiger partial charge >= 0.3 is 5.97 Å². The number of nitrogens with one attached hydrogen (secondary N) is 1. The second-order valence-corrected chi connectivity index (χ2v) is 4.92. The molecule has 2 N–H and O–H groups in total. The number of rotatable bonds is 4. The van der Waals surface area contributed by atoms with Crippen molar-refractivity contribution in [2.24, 2.45) is 0 Å². The van der Waals surface area contributed by atoms with Gasteiger partial charge in [-0.3, -0.25) is 0 Å². The average molecular weight is 285 g/mol. The van der Waals surface area contributed by atoms with Gasteiger partial charge in [0.2, 0.25) is 0 Å². The summed E-state index contributed by atoms with van der Waals surface area (Å²) < 4.78 is 14.3. The van der Waals surface area contributed by atoms with Crippen molar-refractivity contribution in [3.63, 3.8) is 0 Å². The van der Waals surface area contributed by atoms with E-state index in [0.717, 1.165) is 5.39 Å². The molecule has 21 heavy (non-hydrogen) atoms. The first-order valence-electron chi connectivity index (χ1n) is 6.46. The highest BCUT2D eigenvalue weighted by atomic mass is 19.1. The molecular weight excluding hydrogens is 269 g/mol. The molecule has 2 aromatic rings. The number of allylic oxidation sites excluding steroid dienone is 5. The standard InChI is InChI=1S/C17H16FNO2/c1-4-5-13(16(18)10(2)3)11-6-7-14-12(8-11)9-15(19-14)17(20)21/h4-9,19H,1H2,2-3H3,(H,20,21)/b13-5-. The molecule has 2 rings (SSSR count). The second kappa shape index (κ2) is 5.79. The number of hydrogen-bond acceptors (Lipinski definition) is 1. The summed E-state index contributed by atoms with van der Waals surface area (Å²) >= 11 is 0. The molecule has 1 aromatic carbocycles. The van der Waals surface area contributed by atoms with Crippen molar-refractivity contribution < 1.29 is 14.3 Å². The molecular formula is C17H16FNO2. The van der Waals surface area contributed by atoms with E-state index in [1.807, 2.05) is 0 Å². The van der Waals surface area contributed by atoms with Crippen molar-refractivity contribution >= 4 is 22.4 Å². The quantitative estimate of drug-likeness (QED) is 0.800. The van der Waals surface area contributed by atoms with Crippen LogP contribution in [0.3, 0.4) is 0 Å². The number of aromatic amines is 1. The molecule has 0 saturated heterocycles. The van der Waals surface area contributed by atoms with E-state index < -0.39 is 5.97 Å². The lowest BCUT2D eigenvalue weighted by Gasteiger charge is -2.07. The molecule has 0 aliphatic rings. The predicted molar refractivity (Wildman–Crippen MR) is 82.9 cm³/mol. The van der Waals surface area contributed by atoms with E-state index in [1.165, 1.54) is 12.1 Å². The molecule has 0 radical (unpaired) electrons. The molecule has 0 fully saturated rings. The fourth-order valence-electron chi connectivity index (χ4n) is 2.10. The summed E-state index contributed by atoms with van der Waals surface area (Å²) in [6.07, 6.45) is 3.14. The van der Waals surface area contributed by atoms with Crippen LogP contribution in [0.2, 0.25) is 0 Å². The Morgan fingerprint density at radius 3 is 2.62 bits per heavy atom. The number of hydrogen-bond donors (Lipinski definition) is 2. The number of carbonyl (C=O) groups is 1. The first-order valence-corrected chi connectivity index (χ1v) is 6.46. The highest BCUT2D eigenvalue weighted by Crippen LogP contribution is 2.29. The van der Waals surface area contributed by atoms with Crippen molar-refractivity contribution in [3.8, 4) is 0 Å². The van der Waals surface area contributed by atoms with Gasteiger partial charge in [-0.1, -0.05) is 24.8 Å². The maximum atomic E-state index is 14.3. The SMILES string of the molecule is C=C/C=C(\C(F)=C(C)C)c1ccc2[nH]c(C(=O)O)cc2c1. The molecule has 0 aliphatic heterocycles. The molecule has 3 nitrogen and oxygen atoms in total. The van der Waals surface area contributed by atoms with Gasteiger partial charge < -0.3 is 10.1 Å². The summed E-state index contributed by atoms with van der Waals surface area (Å²) in [6, 6.07) is 6.79. The fraction of sp³-hybridized carbons (Fsp3) is 0.118. The van der Waals surface area contributed by atoms with Gasteiger partial charge in [-0.15, -0.1) is 0 Å². The maximum Gasteiger partial charge on any atom is 0.352 e. The van der Waals surface area contributed by atoms with Crippen molar-refractivity contribution in [2.75, 3.05) is 0 Å². The highest BCUT2D eigenvalue weighted by molar-refractivity contribution is 5.95. The van der Waals surface area contributed by atoms with Crippen LogP contribution in [0.15, 0.2) is 54.4 Å². The Morgan fingerprint density at radius 2 is 2.05 bits per heavy atom. The van der Waals surface area contributed by atoms with Gasteiger partial charge in [-0.25, -0.2) is 9.18 Å². The number of halogens is 1. The lowest BCUT2D eigenvalue weighted by Crippen LogP contribution is -1.94. The van der Waals surface area contributed by atoms with Gasteiger partial charge in [0, 0.05) is 16.5 Å². The Kier molecular flexibility index (Phi) is 4.08. The van der Waals surface area contributed by atoms with Crippen molar-refractivity contribution in [2.45, 2.75) is 13.8 Å². The molecule has 1 heterocycles. The Hall–Kier alpha value is -2.62. The van der Waals surface area contributed by atoms with Gasteiger partial charge in [0.1, 0.15) is 11.5 Å². The normalized spacial score (nSPS) is 11.5. The van der Waals surface area contributed by atoms with E-state index in [0.29, 0.717) is 22.2 Å². The van der Waals surface area contributed by atoms with E-state index in [-0.39, 0.29) is 11.5 Å². The molecule has 1 aromatic heterocycles. The molecule has 0 spiro atoms. The van der Waals surface area contributed by atoms with Crippen molar-refractivity contribution in [3.05, 3.63) is 65.7 Å². The van der Waals surface area contributed by atoms with Gasteiger partial charge in [0.15, 0.2) is 0 Å². The lowest BCUT2D eigenvalue weighted by atomic mass is 10.0. The molecule has 0 bridgehead atoms. The van der Waals surface area contributed by atoms with Gasteiger partial charge in [0.05, 0.1) is 0 Å². The largest absolute Gasteiger partial charge is 0.477 e. The summed E-state index contributed by atoms with van der Waals surface area (Å²) in [4.78, 5) is 13.8. The number of benzene rings is 1. The van der Waals surface area contributed by atoms with Crippen LogP contribution in [0.1, 0.15) is 29.9 Å². The third kappa shape index (κ3) is 2.94. The number of H-pyrrole nitrogens is 1. The zero-order chi connectivity index (χ0) is 15.6. The van der Waals surface area contributed by atoms with Crippen LogP contribution < -0.4 is 0 Å². The zero-order valence-corrected chi connectivity index (χ0v) is 11.9. The van der Waals surface area contributed by atoms with Crippen LogP contribution >= 0.6 is 0 Å². The minimum absolute atomic E-state index is 0.110. The molecule has 0 amide bonds. The first kappa shape index (κ1) is 14.8. The van der Waals surface area contributed by atoms with E-state index in [1.54, 1.807) is 38.1 Å². The van der Waals surface area contributed by atoms with Crippen LogP contribution in [0.5, 0.6) is 0 Å². The Bertz CT molecular complexity index is 777. The Balaban J connectivity index is 2.60. The van der Waals surface area contributed by atoms with E-state index in [9.17, 15) is 9.18 Å². The van der Waals surface area contributed by atoms with Crippen molar-refractivity contribution in [1.29, 1.82) is 0 Å². The van der Waals surface area contributed by atoms with Crippen LogP contribution in [0.25, 0.3) is 16.5 Å². The Labute approximate surface area is 122 Å². The number of aromatic nitrogens is 1. The number of fused-ring (bicyclic) bond motifs is 1. The number of carboxylic acid groups (broad SMARTS) is 1. The van der Waals surface area contributed by atoms with Crippen LogP contribution in [-0.4, -0.2) is 16.1 Å². The second-order valence-electron chi connectivity index (χ2n) is 4.92. The van der Waals surface area contributed by atoms with E-state index in [4.69, 9.17) is 5.11 Å². The fourth-order valence-corrected chi connectivity index (χ4v) is 2.10. The van der Waals surface area contributed by atoms with Gasteiger partial charge in [-0.05, 0) is 43.2 Å². The molecule has 0 unspecified atom stereocenters. The van der Waals surface area contributed by atoms with E-state index >= 15 is 0 Å². The Morgan fingerprint density at radius 1 is 1.33 bits per heavy atom. The zero-order valence-electron chi connectivity index (χ0n) is 11.9. The highest BCUT2D eigenvalue weighted by Gasteiger charge is 2.12. The summed E-state index contributed by atoms with van der Waals surface area (Å²) in [5.41, 5.74) is 2.50. The van der Waals surface area contributed by atoms with Crippen LogP contribution in [-0.2, 0) is 0 Å². The number of aromatic carboxylic acids is 1. The molecule has 0 aliphatic carbocycles. The maximum absolute atomic E-state index is 14.3. The average Bonchev–Trinajstić information content (AvgIpc) is 2.87. The monoisotopic (exact) mass is 285 g/mol. The topological polar surface area (TPSA) is 53.1 Å².